The summed E-state index contributed by atoms with van der Waals surface area (Å²) in [6.45, 7) is 1.59. The first-order chi connectivity index (χ1) is 5.46. The zero-order chi connectivity index (χ0) is 9.46. The van der Waals surface area contributed by atoms with Crippen molar-refractivity contribution in [2.24, 2.45) is 5.92 Å². The second-order valence-electron chi connectivity index (χ2n) is 2.99. The lowest BCUT2D eigenvalue weighted by Crippen LogP contribution is -2.58. The van der Waals surface area contributed by atoms with Crippen LogP contribution in [0.15, 0.2) is 0 Å². The van der Waals surface area contributed by atoms with Crippen LogP contribution in [0, 0.1) is 5.92 Å². The number of hydrogen-bond donors (Lipinski definition) is 1. The Morgan fingerprint density at radius 2 is 1.83 bits per heavy atom. The first-order valence-corrected chi connectivity index (χ1v) is 3.69. The van der Waals surface area contributed by atoms with E-state index in [1.165, 1.54) is 14.1 Å². The summed E-state index contributed by atoms with van der Waals surface area (Å²) in [4.78, 5) is 24.5. The summed E-state index contributed by atoms with van der Waals surface area (Å²) in [7, 11) is 2.87. The van der Waals surface area contributed by atoms with Gasteiger partial charge in [-0.3, -0.25) is 9.69 Å². The minimum absolute atomic E-state index is 0.342. The molecular weight excluding hydrogens is 160 g/mol. The van der Waals surface area contributed by atoms with Gasteiger partial charge in [0.2, 0.25) is 5.91 Å². The van der Waals surface area contributed by atoms with Gasteiger partial charge < -0.3 is 10.0 Å². The van der Waals surface area contributed by atoms with Gasteiger partial charge in [-0.1, -0.05) is 0 Å². The van der Waals surface area contributed by atoms with Gasteiger partial charge >= 0.3 is 6.03 Å². The van der Waals surface area contributed by atoms with E-state index in [0.717, 1.165) is 9.80 Å². The Kier molecular flexibility index (Phi) is 2.06. The predicted octanol–water partition coefficient (Wildman–Crippen LogP) is -0.535. The van der Waals surface area contributed by atoms with E-state index in [1.54, 1.807) is 6.92 Å². The average molecular weight is 172 g/mol. The molecule has 5 nitrogen and oxygen atoms in total. The van der Waals surface area contributed by atoms with Crippen molar-refractivity contribution in [1.29, 1.82) is 0 Å². The van der Waals surface area contributed by atoms with Crippen molar-refractivity contribution >= 4 is 11.9 Å². The van der Waals surface area contributed by atoms with Crippen molar-refractivity contribution in [2.75, 3.05) is 14.1 Å². The molecule has 0 aromatic rings. The van der Waals surface area contributed by atoms with Crippen molar-refractivity contribution in [3.8, 4) is 0 Å². The number of hydrogen-bond acceptors (Lipinski definition) is 3. The number of carbonyl (C=O) groups excluding carboxylic acids is 2. The Balaban J connectivity index is 2.91. The molecule has 1 rings (SSSR count). The van der Waals surface area contributed by atoms with Crippen LogP contribution < -0.4 is 0 Å². The number of rotatable bonds is 0. The summed E-state index contributed by atoms with van der Waals surface area (Å²) in [5.41, 5.74) is 0. The molecule has 1 aliphatic heterocycles. The van der Waals surface area contributed by atoms with Gasteiger partial charge in [-0.15, -0.1) is 0 Å². The molecule has 1 saturated heterocycles. The van der Waals surface area contributed by atoms with Crippen LogP contribution in [0.3, 0.4) is 0 Å². The van der Waals surface area contributed by atoms with Gasteiger partial charge in [0.15, 0.2) is 0 Å². The molecule has 0 saturated carbocycles. The molecule has 0 spiro atoms. The van der Waals surface area contributed by atoms with E-state index in [4.69, 9.17) is 0 Å². The van der Waals surface area contributed by atoms with Crippen LogP contribution in [0.5, 0.6) is 0 Å². The van der Waals surface area contributed by atoms with Crippen LogP contribution >= 0.6 is 0 Å². The molecule has 1 heterocycles. The third-order valence-electron chi connectivity index (χ3n) is 2.15. The Morgan fingerprint density at radius 1 is 1.33 bits per heavy atom. The van der Waals surface area contributed by atoms with Crippen LogP contribution in [0.4, 0.5) is 4.79 Å². The maximum atomic E-state index is 11.2. The zero-order valence-corrected chi connectivity index (χ0v) is 7.31. The van der Waals surface area contributed by atoms with Crippen molar-refractivity contribution in [2.45, 2.75) is 13.2 Å². The van der Waals surface area contributed by atoms with Crippen LogP contribution in [-0.2, 0) is 4.79 Å². The zero-order valence-electron chi connectivity index (χ0n) is 7.31. The van der Waals surface area contributed by atoms with Crippen molar-refractivity contribution in [3.63, 3.8) is 0 Å². The number of amides is 3. The van der Waals surface area contributed by atoms with Crippen molar-refractivity contribution < 1.29 is 14.7 Å². The molecule has 0 aromatic carbocycles. The van der Waals surface area contributed by atoms with Crippen LogP contribution in [-0.4, -0.2) is 47.2 Å². The number of imide groups is 1. The summed E-state index contributed by atoms with van der Waals surface area (Å²) in [6.07, 6.45) is -0.999. The minimum atomic E-state index is -0.999. The van der Waals surface area contributed by atoms with E-state index >= 15 is 0 Å². The predicted molar refractivity (Wildman–Crippen MR) is 41.1 cm³/mol. The van der Waals surface area contributed by atoms with Gasteiger partial charge in [-0.2, -0.15) is 0 Å². The van der Waals surface area contributed by atoms with E-state index < -0.39 is 18.2 Å². The van der Waals surface area contributed by atoms with Gasteiger partial charge in [-0.05, 0) is 6.92 Å². The molecular formula is C7H12N2O3. The largest absolute Gasteiger partial charge is 0.373 e. The molecule has 2 atom stereocenters. The fourth-order valence-electron chi connectivity index (χ4n) is 1.21. The lowest BCUT2D eigenvalue weighted by atomic mass is 10.1. The molecule has 1 N–H and O–H groups in total. The number of carbonyl (C=O) groups is 2. The Morgan fingerprint density at radius 3 is 2.33 bits per heavy atom. The maximum Gasteiger partial charge on any atom is 0.328 e. The van der Waals surface area contributed by atoms with Crippen LogP contribution in [0.2, 0.25) is 0 Å². The summed E-state index contributed by atoms with van der Waals surface area (Å²) in [6, 6.07) is -0.467. The summed E-state index contributed by atoms with van der Waals surface area (Å²) >= 11 is 0. The number of aliphatic hydroxyl groups excluding tert-OH is 1. The fraction of sp³-hybridized carbons (Fsp3) is 0.714. The van der Waals surface area contributed by atoms with E-state index in [-0.39, 0.29) is 5.91 Å². The van der Waals surface area contributed by atoms with Crippen LogP contribution in [0.25, 0.3) is 0 Å². The number of urea groups is 1. The van der Waals surface area contributed by atoms with E-state index in [2.05, 4.69) is 0 Å². The standard InChI is InChI=1S/C7H12N2O3/c1-4-5(10)8(2)7(12)9(3)6(4)11/h4-5,10H,1-3H3. The molecule has 0 radical (unpaired) electrons. The van der Waals surface area contributed by atoms with Gasteiger partial charge in [0.25, 0.3) is 0 Å². The summed E-state index contributed by atoms with van der Waals surface area (Å²) in [5, 5.41) is 9.36. The van der Waals surface area contributed by atoms with Gasteiger partial charge in [0.1, 0.15) is 6.23 Å². The molecule has 0 aromatic heterocycles. The lowest BCUT2D eigenvalue weighted by molar-refractivity contribution is -0.144. The van der Waals surface area contributed by atoms with Gasteiger partial charge in [0.05, 0.1) is 5.92 Å². The van der Waals surface area contributed by atoms with E-state index in [0.29, 0.717) is 0 Å². The molecule has 1 aliphatic rings. The smallest absolute Gasteiger partial charge is 0.328 e. The van der Waals surface area contributed by atoms with Gasteiger partial charge in [-0.25, -0.2) is 4.79 Å². The Labute approximate surface area is 70.6 Å². The highest BCUT2D eigenvalue weighted by molar-refractivity contribution is 5.97. The molecule has 68 valence electrons. The first kappa shape index (κ1) is 8.99. The monoisotopic (exact) mass is 172 g/mol. The lowest BCUT2D eigenvalue weighted by Gasteiger charge is -2.37. The number of aliphatic hydroxyl groups is 1. The highest BCUT2D eigenvalue weighted by Gasteiger charge is 2.39. The van der Waals surface area contributed by atoms with Gasteiger partial charge in [0, 0.05) is 14.1 Å². The molecule has 3 amide bonds. The molecule has 12 heavy (non-hydrogen) atoms. The summed E-state index contributed by atoms with van der Waals surface area (Å²) in [5.74, 6) is -0.886. The third-order valence-corrected chi connectivity index (χ3v) is 2.15. The van der Waals surface area contributed by atoms with E-state index in [1.807, 2.05) is 0 Å². The SMILES string of the molecule is CC1C(=O)N(C)C(=O)N(C)C1O. The number of nitrogens with zero attached hydrogens (tertiary/aromatic N) is 2. The van der Waals surface area contributed by atoms with Crippen molar-refractivity contribution in [3.05, 3.63) is 0 Å². The molecule has 2 unspecified atom stereocenters. The second kappa shape index (κ2) is 2.75. The second-order valence-corrected chi connectivity index (χ2v) is 2.99. The quantitative estimate of drug-likeness (QED) is 0.534. The Bertz CT molecular complexity index is 207. The highest BCUT2D eigenvalue weighted by Crippen LogP contribution is 2.17. The molecule has 0 bridgehead atoms. The fourth-order valence-corrected chi connectivity index (χ4v) is 1.21. The maximum absolute atomic E-state index is 11.2. The highest BCUT2D eigenvalue weighted by atomic mass is 16.3. The topological polar surface area (TPSA) is 60.9 Å². The molecule has 1 fully saturated rings. The van der Waals surface area contributed by atoms with Crippen molar-refractivity contribution in [1.82, 2.24) is 9.80 Å². The first-order valence-electron chi connectivity index (χ1n) is 3.69. The normalized spacial score (nSPS) is 31.3. The molecule has 0 aliphatic carbocycles. The van der Waals surface area contributed by atoms with E-state index in [9.17, 15) is 14.7 Å². The average Bonchev–Trinajstić information content (AvgIpc) is 2.08. The third kappa shape index (κ3) is 1.06. The summed E-state index contributed by atoms with van der Waals surface area (Å²) < 4.78 is 0. The molecule has 5 heteroatoms. The Hall–Kier alpha value is -1.10. The minimum Gasteiger partial charge on any atom is -0.373 e. The van der Waals surface area contributed by atoms with Crippen LogP contribution in [0.1, 0.15) is 6.92 Å².